The summed E-state index contributed by atoms with van der Waals surface area (Å²) in [7, 11) is -2.21. The zero-order chi connectivity index (χ0) is 22.4. The Hall–Kier alpha value is -2.74. The summed E-state index contributed by atoms with van der Waals surface area (Å²) >= 11 is 0. The lowest BCUT2D eigenvalue weighted by Crippen LogP contribution is -2.47. The number of ether oxygens (including phenoxy) is 2. The summed E-state index contributed by atoms with van der Waals surface area (Å²) in [4.78, 5) is 13.0. The highest BCUT2D eigenvalue weighted by molar-refractivity contribution is 7.92. The predicted molar refractivity (Wildman–Crippen MR) is 122 cm³/mol. The van der Waals surface area contributed by atoms with E-state index in [2.05, 4.69) is 5.32 Å². The van der Waals surface area contributed by atoms with Crippen molar-refractivity contribution in [2.24, 2.45) is 0 Å². The van der Waals surface area contributed by atoms with Crippen molar-refractivity contribution in [3.05, 3.63) is 48.5 Å². The second-order valence-corrected chi connectivity index (χ2v) is 9.58. The fourth-order valence-electron chi connectivity index (χ4n) is 3.85. The third kappa shape index (κ3) is 5.91. The molecule has 1 atom stereocenters. The lowest BCUT2D eigenvalue weighted by atomic mass is 10.1. The van der Waals surface area contributed by atoms with E-state index in [0.717, 1.165) is 29.2 Å². The Balaban J connectivity index is 1.76. The molecule has 1 N–H and O–H groups in total. The van der Waals surface area contributed by atoms with Gasteiger partial charge in [0.2, 0.25) is 15.9 Å². The molecule has 8 heteroatoms. The van der Waals surface area contributed by atoms with Crippen molar-refractivity contribution in [2.75, 3.05) is 23.0 Å². The molecule has 1 amide bonds. The lowest BCUT2D eigenvalue weighted by molar-refractivity contribution is -0.117. The third-order valence-corrected chi connectivity index (χ3v) is 6.54. The molecule has 0 heterocycles. The molecule has 1 aliphatic carbocycles. The van der Waals surface area contributed by atoms with Crippen molar-refractivity contribution in [3.63, 3.8) is 0 Å². The number of anilines is 2. The molecular formula is C23H30N2O5S. The Morgan fingerprint density at radius 3 is 2.39 bits per heavy atom. The van der Waals surface area contributed by atoms with Crippen molar-refractivity contribution in [3.8, 4) is 11.5 Å². The van der Waals surface area contributed by atoms with E-state index in [1.54, 1.807) is 43.3 Å². The van der Waals surface area contributed by atoms with Gasteiger partial charge < -0.3 is 14.8 Å². The maximum atomic E-state index is 13.0. The molecular weight excluding hydrogens is 416 g/mol. The summed E-state index contributed by atoms with van der Waals surface area (Å²) in [6.45, 7) is 1.78. The fraction of sp³-hybridized carbons (Fsp3) is 0.435. The van der Waals surface area contributed by atoms with E-state index in [-0.39, 0.29) is 6.10 Å². The van der Waals surface area contributed by atoms with Gasteiger partial charge in [0.05, 0.1) is 25.2 Å². The van der Waals surface area contributed by atoms with Crippen LogP contribution >= 0.6 is 0 Å². The average Bonchev–Trinajstić information content (AvgIpc) is 3.25. The van der Waals surface area contributed by atoms with E-state index < -0.39 is 22.0 Å². The standard InChI is InChI=1S/C23H30N2O5S/c1-4-22(25(31(3,27)28)18-8-7-11-21(16-18)29-2)23(26)24-17-12-14-20(15-13-17)30-19-9-5-6-10-19/h7-8,11-16,19,22H,4-6,9-10H2,1-3H3,(H,24,26)/t22-/m1/s1. The summed E-state index contributed by atoms with van der Waals surface area (Å²) in [5, 5.41) is 2.83. The molecule has 1 fully saturated rings. The van der Waals surface area contributed by atoms with Crippen LogP contribution in [0.4, 0.5) is 11.4 Å². The molecule has 2 aromatic rings. The van der Waals surface area contributed by atoms with Crippen LogP contribution < -0.4 is 19.1 Å². The molecule has 1 saturated carbocycles. The molecule has 0 spiro atoms. The van der Waals surface area contributed by atoms with Crippen molar-refractivity contribution < 1.29 is 22.7 Å². The molecule has 0 unspecified atom stereocenters. The van der Waals surface area contributed by atoms with Gasteiger partial charge in [0, 0.05) is 11.8 Å². The highest BCUT2D eigenvalue weighted by Gasteiger charge is 2.31. The summed E-state index contributed by atoms with van der Waals surface area (Å²) in [5.41, 5.74) is 0.963. The quantitative estimate of drug-likeness (QED) is 0.624. The van der Waals surface area contributed by atoms with Crippen LogP contribution in [-0.2, 0) is 14.8 Å². The first-order valence-electron chi connectivity index (χ1n) is 10.5. The van der Waals surface area contributed by atoms with Crippen molar-refractivity contribution in [2.45, 2.75) is 51.2 Å². The molecule has 2 aromatic carbocycles. The van der Waals surface area contributed by atoms with Crippen LogP contribution in [0.5, 0.6) is 11.5 Å². The van der Waals surface area contributed by atoms with Gasteiger partial charge in [-0.05, 0) is 68.5 Å². The highest BCUT2D eigenvalue weighted by atomic mass is 32.2. The zero-order valence-corrected chi connectivity index (χ0v) is 19.0. The molecule has 168 valence electrons. The van der Waals surface area contributed by atoms with Gasteiger partial charge in [0.25, 0.3) is 0 Å². The normalized spacial score (nSPS) is 15.3. The monoisotopic (exact) mass is 446 g/mol. The maximum absolute atomic E-state index is 13.0. The topological polar surface area (TPSA) is 84.9 Å². The van der Waals surface area contributed by atoms with Gasteiger partial charge in [-0.1, -0.05) is 13.0 Å². The summed E-state index contributed by atoms with van der Waals surface area (Å²) in [5.74, 6) is 0.880. The van der Waals surface area contributed by atoms with Crippen LogP contribution in [0.1, 0.15) is 39.0 Å². The summed E-state index contributed by atoms with van der Waals surface area (Å²) in [6.07, 6.45) is 6.19. The molecule has 7 nitrogen and oxygen atoms in total. The van der Waals surface area contributed by atoms with E-state index in [0.29, 0.717) is 23.5 Å². The molecule has 31 heavy (non-hydrogen) atoms. The predicted octanol–water partition coefficient (Wildman–Crippen LogP) is 4.20. The Kier molecular flexibility index (Phi) is 7.43. The first-order valence-corrected chi connectivity index (χ1v) is 12.4. The van der Waals surface area contributed by atoms with Gasteiger partial charge in [-0.3, -0.25) is 9.10 Å². The minimum absolute atomic E-state index is 0.260. The number of nitrogens with one attached hydrogen (secondary N) is 1. The Labute approximate surface area is 184 Å². The second-order valence-electron chi connectivity index (χ2n) is 7.72. The number of benzene rings is 2. The first-order chi connectivity index (χ1) is 14.8. The number of hydrogen-bond acceptors (Lipinski definition) is 5. The van der Waals surface area contributed by atoms with E-state index >= 15 is 0 Å². The number of amides is 1. The van der Waals surface area contributed by atoms with Crippen molar-refractivity contribution in [1.82, 2.24) is 0 Å². The largest absolute Gasteiger partial charge is 0.497 e. The van der Waals surface area contributed by atoms with Gasteiger partial charge in [-0.25, -0.2) is 8.42 Å². The van der Waals surface area contributed by atoms with Crippen LogP contribution in [0.25, 0.3) is 0 Å². The molecule has 0 aliphatic heterocycles. The van der Waals surface area contributed by atoms with E-state index in [9.17, 15) is 13.2 Å². The van der Waals surface area contributed by atoms with Gasteiger partial charge in [-0.2, -0.15) is 0 Å². The van der Waals surface area contributed by atoms with Gasteiger partial charge in [-0.15, -0.1) is 0 Å². The smallest absolute Gasteiger partial charge is 0.248 e. The molecule has 1 aliphatic rings. The van der Waals surface area contributed by atoms with E-state index in [1.807, 2.05) is 12.1 Å². The number of sulfonamides is 1. The number of methoxy groups -OCH3 is 1. The number of nitrogens with zero attached hydrogens (tertiary/aromatic N) is 1. The third-order valence-electron chi connectivity index (χ3n) is 5.36. The molecule has 0 aromatic heterocycles. The number of carbonyl (C=O) groups is 1. The second kappa shape index (κ2) is 10.0. The van der Waals surface area contributed by atoms with E-state index in [1.165, 1.54) is 20.0 Å². The number of rotatable bonds is 9. The van der Waals surface area contributed by atoms with Crippen molar-refractivity contribution >= 4 is 27.3 Å². The van der Waals surface area contributed by atoms with Crippen LogP contribution in [-0.4, -0.2) is 39.8 Å². The van der Waals surface area contributed by atoms with Crippen LogP contribution in [0.3, 0.4) is 0 Å². The zero-order valence-electron chi connectivity index (χ0n) is 18.2. The SMILES string of the molecule is CC[C@H](C(=O)Nc1ccc(OC2CCCC2)cc1)N(c1cccc(OC)c1)S(C)(=O)=O. The summed E-state index contributed by atoms with van der Waals surface area (Å²) < 4.78 is 37.5. The maximum Gasteiger partial charge on any atom is 0.248 e. The highest BCUT2D eigenvalue weighted by Crippen LogP contribution is 2.28. The molecule has 3 rings (SSSR count). The fourth-order valence-corrected chi connectivity index (χ4v) is 5.05. The minimum atomic E-state index is -3.71. The van der Waals surface area contributed by atoms with Crippen molar-refractivity contribution in [1.29, 1.82) is 0 Å². The Bertz CT molecular complexity index is 985. The summed E-state index contributed by atoms with van der Waals surface area (Å²) in [6, 6.07) is 12.9. The van der Waals surface area contributed by atoms with Crippen LogP contribution in [0.15, 0.2) is 48.5 Å². The average molecular weight is 447 g/mol. The number of carbonyl (C=O) groups excluding carboxylic acids is 1. The lowest BCUT2D eigenvalue weighted by Gasteiger charge is -2.30. The molecule has 0 bridgehead atoms. The van der Waals surface area contributed by atoms with Gasteiger partial charge in [0.1, 0.15) is 17.5 Å². The Morgan fingerprint density at radius 2 is 1.81 bits per heavy atom. The Morgan fingerprint density at radius 1 is 1.13 bits per heavy atom. The van der Waals surface area contributed by atoms with E-state index in [4.69, 9.17) is 9.47 Å². The first kappa shape index (κ1) is 22.9. The minimum Gasteiger partial charge on any atom is -0.497 e. The van der Waals surface area contributed by atoms with Crippen LogP contribution in [0.2, 0.25) is 0 Å². The number of hydrogen-bond donors (Lipinski definition) is 1. The van der Waals surface area contributed by atoms with Gasteiger partial charge >= 0.3 is 0 Å². The van der Waals surface area contributed by atoms with Crippen LogP contribution in [0, 0.1) is 0 Å². The molecule has 0 saturated heterocycles. The molecule has 0 radical (unpaired) electrons. The van der Waals surface area contributed by atoms with Gasteiger partial charge in [0.15, 0.2) is 0 Å².